The van der Waals surface area contributed by atoms with E-state index in [1.807, 2.05) is 14.0 Å². The molecule has 0 aromatic carbocycles. The molecule has 2 heterocycles. The Labute approximate surface area is 117 Å². The molecule has 1 N–H and O–H groups in total. The molecule has 0 aliphatic carbocycles. The highest BCUT2D eigenvalue weighted by molar-refractivity contribution is 5.05. The molecule has 3 unspecified atom stereocenters. The summed E-state index contributed by atoms with van der Waals surface area (Å²) >= 11 is 0. The lowest BCUT2D eigenvalue weighted by Gasteiger charge is -2.46. The number of hydrogen-bond donors (Lipinski definition) is 1. The summed E-state index contributed by atoms with van der Waals surface area (Å²) in [4.78, 5) is 5.24. The van der Waals surface area contributed by atoms with E-state index < -0.39 is 5.54 Å². The first-order valence-corrected chi connectivity index (χ1v) is 7.66. The molecule has 2 aliphatic heterocycles. The monoisotopic (exact) mass is 264 g/mol. The molecular formula is C15H28N4. The van der Waals surface area contributed by atoms with Gasteiger partial charge < -0.3 is 5.32 Å². The summed E-state index contributed by atoms with van der Waals surface area (Å²) < 4.78 is 0. The van der Waals surface area contributed by atoms with E-state index in [2.05, 4.69) is 28.1 Å². The highest BCUT2D eigenvalue weighted by Gasteiger charge is 2.33. The van der Waals surface area contributed by atoms with Crippen molar-refractivity contribution < 1.29 is 0 Å². The molecule has 0 aromatic heterocycles. The standard InChI is InChI=1S/C15H28N4/c1-13(10-15(2,12-16)17-3)19-9-8-18-7-5-4-6-14(18)11-19/h13-14,17H,4-11H2,1-3H3. The summed E-state index contributed by atoms with van der Waals surface area (Å²) in [5.74, 6) is 0. The fraction of sp³-hybridized carbons (Fsp3) is 0.933. The molecule has 2 saturated heterocycles. The van der Waals surface area contributed by atoms with Crippen LogP contribution in [0.3, 0.4) is 0 Å². The number of nitriles is 1. The molecule has 108 valence electrons. The van der Waals surface area contributed by atoms with Gasteiger partial charge in [0, 0.05) is 31.7 Å². The van der Waals surface area contributed by atoms with Crippen LogP contribution in [-0.4, -0.2) is 60.6 Å². The van der Waals surface area contributed by atoms with Crippen LogP contribution in [0.25, 0.3) is 0 Å². The van der Waals surface area contributed by atoms with Crippen molar-refractivity contribution in [3.05, 3.63) is 0 Å². The highest BCUT2D eigenvalue weighted by Crippen LogP contribution is 2.24. The fourth-order valence-electron chi connectivity index (χ4n) is 3.50. The predicted molar refractivity (Wildman–Crippen MR) is 77.9 cm³/mol. The molecule has 0 amide bonds. The van der Waals surface area contributed by atoms with Crippen molar-refractivity contribution in [2.45, 2.75) is 57.2 Å². The van der Waals surface area contributed by atoms with Crippen molar-refractivity contribution >= 4 is 0 Å². The van der Waals surface area contributed by atoms with E-state index in [0.29, 0.717) is 6.04 Å². The average molecular weight is 264 g/mol. The van der Waals surface area contributed by atoms with Gasteiger partial charge in [-0.05, 0) is 46.7 Å². The zero-order valence-electron chi connectivity index (χ0n) is 12.7. The number of hydrogen-bond acceptors (Lipinski definition) is 4. The molecule has 3 atom stereocenters. The lowest BCUT2D eigenvalue weighted by Crippen LogP contribution is -2.58. The molecule has 0 spiro atoms. The zero-order valence-corrected chi connectivity index (χ0v) is 12.7. The lowest BCUT2D eigenvalue weighted by molar-refractivity contribution is 0.0257. The Kier molecular flexibility index (Phi) is 4.83. The van der Waals surface area contributed by atoms with Gasteiger partial charge >= 0.3 is 0 Å². The van der Waals surface area contributed by atoms with Crippen molar-refractivity contribution in [1.29, 1.82) is 5.26 Å². The molecular weight excluding hydrogens is 236 g/mol. The molecule has 2 fully saturated rings. The molecule has 19 heavy (non-hydrogen) atoms. The summed E-state index contributed by atoms with van der Waals surface area (Å²) in [5.41, 5.74) is -0.400. The molecule has 0 bridgehead atoms. The molecule has 4 nitrogen and oxygen atoms in total. The minimum absolute atomic E-state index is 0.400. The van der Waals surface area contributed by atoms with Crippen LogP contribution in [-0.2, 0) is 0 Å². The van der Waals surface area contributed by atoms with Gasteiger partial charge in [-0.25, -0.2) is 0 Å². The minimum atomic E-state index is -0.400. The van der Waals surface area contributed by atoms with Crippen molar-refractivity contribution in [3.63, 3.8) is 0 Å². The fourth-order valence-corrected chi connectivity index (χ4v) is 3.50. The number of nitrogens with zero attached hydrogens (tertiary/aromatic N) is 3. The van der Waals surface area contributed by atoms with Gasteiger partial charge in [-0.15, -0.1) is 0 Å². The highest BCUT2D eigenvalue weighted by atomic mass is 15.3. The van der Waals surface area contributed by atoms with E-state index in [1.54, 1.807) is 0 Å². The van der Waals surface area contributed by atoms with Crippen LogP contribution in [0.2, 0.25) is 0 Å². The number of rotatable bonds is 4. The van der Waals surface area contributed by atoms with E-state index in [-0.39, 0.29) is 0 Å². The van der Waals surface area contributed by atoms with Crippen LogP contribution in [0, 0.1) is 11.3 Å². The average Bonchev–Trinajstić information content (AvgIpc) is 2.46. The number of nitrogens with one attached hydrogen (secondary N) is 1. The van der Waals surface area contributed by atoms with Gasteiger partial charge in [0.15, 0.2) is 0 Å². The topological polar surface area (TPSA) is 42.3 Å². The summed E-state index contributed by atoms with van der Waals surface area (Å²) in [6.45, 7) is 9.11. The summed E-state index contributed by atoms with van der Waals surface area (Å²) in [7, 11) is 1.88. The minimum Gasteiger partial charge on any atom is -0.303 e. The van der Waals surface area contributed by atoms with Gasteiger partial charge in [-0.2, -0.15) is 5.26 Å². The molecule has 0 radical (unpaired) electrons. The third-order valence-electron chi connectivity index (χ3n) is 4.99. The van der Waals surface area contributed by atoms with Crippen LogP contribution in [0.5, 0.6) is 0 Å². The van der Waals surface area contributed by atoms with E-state index in [0.717, 1.165) is 19.0 Å². The van der Waals surface area contributed by atoms with Crippen molar-refractivity contribution in [3.8, 4) is 6.07 Å². The molecule has 4 heteroatoms. The number of fused-ring (bicyclic) bond motifs is 1. The van der Waals surface area contributed by atoms with Crippen LogP contribution in [0.4, 0.5) is 0 Å². The SMILES string of the molecule is CNC(C)(C#N)CC(C)N1CCN2CCCCC2C1. The Balaban J connectivity index is 1.90. The van der Waals surface area contributed by atoms with Crippen LogP contribution < -0.4 is 5.32 Å². The van der Waals surface area contributed by atoms with E-state index in [1.165, 1.54) is 38.9 Å². The Morgan fingerprint density at radius 1 is 1.37 bits per heavy atom. The molecule has 2 aliphatic rings. The third kappa shape index (κ3) is 3.47. The van der Waals surface area contributed by atoms with Gasteiger partial charge in [-0.1, -0.05) is 6.42 Å². The normalized spacial score (nSPS) is 30.1. The quantitative estimate of drug-likeness (QED) is 0.834. The van der Waals surface area contributed by atoms with E-state index >= 15 is 0 Å². The van der Waals surface area contributed by atoms with Gasteiger partial charge in [0.2, 0.25) is 0 Å². The zero-order chi connectivity index (χ0) is 13.9. The predicted octanol–water partition coefficient (Wildman–Crippen LogP) is 1.44. The van der Waals surface area contributed by atoms with E-state index in [9.17, 15) is 5.26 Å². The third-order valence-corrected chi connectivity index (χ3v) is 4.99. The maximum atomic E-state index is 9.28. The first-order valence-electron chi connectivity index (χ1n) is 7.66. The Morgan fingerprint density at radius 3 is 2.84 bits per heavy atom. The van der Waals surface area contributed by atoms with Crippen molar-refractivity contribution in [1.82, 2.24) is 15.1 Å². The first kappa shape index (κ1) is 14.8. The molecule has 2 rings (SSSR count). The van der Waals surface area contributed by atoms with Gasteiger partial charge in [0.25, 0.3) is 0 Å². The molecule has 0 saturated carbocycles. The first-order chi connectivity index (χ1) is 9.08. The molecule has 0 aromatic rings. The Morgan fingerprint density at radius 2 is 2.16 bits per heavy atom. The lowest BCUT2D eigenvalue weighted by atomic mass is 9.92. The van der Waals surface area contributed by atoms with Crippen molar-refractivity contribution in [2.75, 3.05) is 33.2 Å². The van der Waals surface area contributed by atoms with Crippen LogP contribution >= 0.6 is 0 Å². The second kappa shape index (κ2) is 6.21. The van der Waals surface area contributed by atoms with Gasteiger partial charge in [0.1, 0.15) is 5.54 Å². The maximum absolute atomic E-state index is 9.28. The van der Waals surface area contributed by atoms with Crippen molar-refractivity contribution in [2.24, 2.45) is 0 Å². The summed E-state index contributed by atoms with van der Waals surface area (Å²) in [5, 5.41) is 12.4. The Hall–Kier alpha value is -0.630. The van der Waals surface area contributed by atoms with E-state index in [4.69, 9.17) is 0 Å². The van der Waals surface area contributed by atoms with Gasteiger partial charge in [-0.3, -0.25) is 9.80 Å². The van der Waals surface area contributed by atoms with Gasteiger partial charge in [0.05, 0.1) is 6.07 Å². The second-order valence-corrected chi connectivity index (χ2v) is 6.43. The number of piperidine rings is 1. The summed E-state index contributed by atoms with van der Waals surface area (Å²) in [6, 6.07) is 3.64. The maximum Gasteiger partial charge on any atom is 0.105 e. The van der Waals surface area contributed by atoms with Crippen LogP contribution in [0.15, 0.2) is 0 Å². The second-order valence-electron chi connectivity index (χ2n) is 6.43. The van der Waals surface area contributed by atoms with Crippen LogP contribution in [0.1, 0.15) is 39.5 Å². The summed E-state index contributed by atoms with van der Waals surface area (Å²) in [6.07, 6.45) is 5.01. The smallest absolute Gasteiger partial charge is 0.105 e. The largest absolute Gasteiger partial charge is 0.303 e. The Bertz CT molecular complexity index is 338. The number of piperazine rings is 1.